The van der Waals surface area contributed by atoms with E-state index >= 15 is 0 Å². The molecule has 0 saturated heterocycles. The Hall–Kier alpha value is -2.20. The number of aryl methyl sites for hydroxylation is 1. The van der Waals surface area contributed by atoms with Crippen LogP contribution in [0.3, 0.4) is 0 Å². The number of rotatable bonds is 6. The Labute approximate surface area is 123 Å². The van der Waals surface area contributed by atoms with Gasteiger partial charge in [0.25, 0.3) is 0 Å². The fourth-order valence-electron chi connectivity index (χ4n) is 2.53. The number of hydrogen-bond donors (Lipinski definition) is 1. The summed E-state index contributed by atoms with van der Waals surface area (Å²) in [4.78, 5) is 11.5. The number of anilines is 1. The van der Waals surface area contributed by atoms with E-state index in [2.05, 4.69) is 31.4 Å². The first-order valence-corrected chi connectivity index (χ1v) is 7.20. The monoisotopic (exact) mass is 285 g/mol. The molecule has 1 N–H and O–H groups in total. The lowest BCUT2D eigenvalue weighted by molar-refractivity contribution is 0.254. The Bertz CT molecular complexity index is 680. The van der Waals surface area contributed by atoms with E-state index in [1.165, 1.54) is 12.8 Å². The van der Waals surface area contributed by atoms with Gasteiger partial charge in [0, 0.05) is 33.1 Å². The average Bonchev–Trinajstić information content (AvgIpc) is 3.27. The maximum atomic E-state index is 8.79. The molecule has 1 aliphatic rings. The first kappa shape index (κ1) is 13.8. The number of hydrogen-bond acceptors (Lipinski definition) is 6. The molecule has 0 aliphatic heterocycles. The van der Waals surface area contributed by atoms with Gasteiger partial charge >= 0.3 is 0 Å². The van der Waals surface area contributed by atoms with Crippen LogP contribution >= 0.6 is 0 Å². The largest absolute Gasteiger partial charge is 0.372 e. The molecule has 3 rings (SSSR count). The van der Waals surface area contributed by atoms with Crippen molar-refractivity contribution in [3.05, 3.63) is 12.0 Å². The number of fused-ring (bicyclic) bond motifs is 1. The molecular formula is C14H19N7. The van der Waals surface area contributed by atoms with Gasteiger partial charge in [0.05, 0.1) is 24.2 Å². The molecule has 0 spiro atoms. The Kier molecular flexibility index (Phi) is 3.71. The minimum atomic E-state index is 0.545. The summed E-state index contributed by atoms with van der Waals surface area (Å²) < 4.78 is 1.76. The predicted octanol–water partition coefficient (Wildman–Crippen LogP) is 1.28. The van der Waals surface area contributed by atoms with Gasteiger partial charge in [0.1, 0.15) is 11.6 Å². The predicted molar refractivity (Wildman–Crippen MR) is 79.5 cm³/mol. The molecule has 2 aromatic rings. The topological polar surface area (TPSA) is 82.7 Å². The fourth-order valence-corrected chi connectivity index (χ4v) is 2.53. The minimum absolute atomic E-state index is 0.545. The average molecular weight is 285 g/mol. The minimum Gasteiger partial charge on any atom is -0.372 e. The summed E-state index contributed by atoms with van der Waals surface area (Å²) in [6.07, 6.45) is 4.74. The maximum Gasteiger partial charge on any atom is 0.163 e. The van der Waals surface area contributed by atoms with Crippen LogP contribution in [-0.2, 0) is 13.6 Å². The van der Waals surface area contributed by atoms with Gasteiger partial charge in [0.15, 0.2) is 5.65 Å². The molecule has 0 atom stereocenters. The van der Waals surface area contributed by atoms with Crippen LogP contribution < -0.4 is 5.32 Å². The molecule has 0 radical (unpaired) electrons. The van der Waals surface area contributed by atoms with Crippen molar-refractivity contribution in [1.29, 1.82) is 5.26 Å². The lowest BCUT2D eigenvalue weighted by atomic mass is 10.3. The van der Waals surface area contributed by atoms with Crippen molar-refractivity contribution < 1.29 is 0 Å². The lowest BCUT2D eigenvalue weighted by Gasteiger charge is -2.19. The summed E-state index contributed by atoms with van der Waals surface area (Å²) >= 11 is 0. The molecule has 0 amide bonds. The van der Waals surface area contributed by atoms with Crippen molar-refractivity contribution in [1.82, 2.24) is 24.6 Å². The van der Waals surface area contributed by atoms with Gasteiger partial charge in [-0.3, -0.25) is 9.58 Å². The Morgan fingerprint density at radius 1 is 1.48 bits per heavy atom. The highest BCUT2D eigenvalue weighted by molar-refractivity contribution is 5.86. The van der Waals surface area contributed by atoms with Crippen LogP contribution in [-0.4, -0.2) is 44.3 Å². The van der Waals surface area contributed by atoms with E-state index in [1.54, 1.807) is 10.9 Å². The normalized spacial score (nSPS) is 14.6. The van der Waals surface area contributed by atoms with Crippen molar-refractivity contribution in [2.45, 2.75) is 31.8 Å². The highest BCUT2D eigenvalue weighted by Gasteiger charge is 2.29. The van der Waals surface area contributed by atoms with E-state index in [0.29, 0.717) is 19.0 Å². The highest BCUT2D eigenvalue weighted by Crippen LogP contribution is 2.28. The smallest absolute Gasteiger partial charge is 0.163 e. The number of nitrogens with zero attached hydrogens (tertiary/aromatic N) is 6. The van der Waals surface area contributed by atoms with Crippen molar-refractivity contribution in [2.24, 2.45) is 7.05 Å². The molecule has 1 saturated carbocycles. The number of nitrogens with one attached hydrogen (secondary N) is 1. The van der Waals surface area contributed by atoms with E-state index in [1.807, 2.05) is 14.1 Å². The summed E-state index contributed by atoms with van der Waals surface area (Å²) in [6, 6.07) is 2.80. The molecule has 0 unspecified atom stereocenters. The zero-order chi connectivity index (χ0) is 14.8. The zero-order valence-corrected chi connectivity index (χ0v) is 12.4. The second kappa shape index (κ2) is 5.66. The van der Waals surface area contributed by atoms with Crippen LogP contribution in [0.5, 0.6) is 0 Å². The summed E-state index contributed by atoms with van der Waals surface area (Å²) in [5, 5.41) is 17.1. The van der Waals surface area contributed by atoms with Gasteiger partial charge in [-0.25, -0.2) is 9.97 Å². The molecule has 2 aromatic heterocycles. The highest BCUT2D eigenvalue weighted by atomic mass is 15.3. The van der Waals surface area contributed by atoms with Crippen LogP contribution in [0.4, 0.5) is 5.82 Å². The summed E-state index contributed by atoms with van der Waals surface area (Å²) in [7, 11) is 3.74. The quantitative estimate of drug-likeness (QED) is 0.861. The van der Waals surface area contributed by atoms with Gasteiger partial charge in [-0.05, 0) is 12.8 Å². The Morgan fingerprint density at radius 2 is 2.29 bits per heavy atom. The SMILES string of the molecule is CNc1nc(CN(CCC#N)C2CC2)nc2c1cnn2C. The first-order chi connectivity index (χ1) is 10.2. The lowest BCUT2D eigenvalue weighted by Crippen LogP contribution is -2.27. The van der Waals surface area contributed by atoms with Crippen molar-refractivity contribution in [3.63, 3.8) is 0 Å². The fraction of sp³-hybridized carbons (Fsp3) is 0.571. The molecule has 21 heavy (non-hydrogen) atoms. The van der Waals surface area contributed by atoms with Crippen LogP contribution in [0.15, 0.2) is 6.20 Å². The summed E-state index contributed by atoms with van der Waals surface area (Å²) in [6.45, 7) is 1.46. The number of nitriles is 1. The zero-order valence-electron chi connectivity index (χ0n) is 12.4. The van der Waals surface area contributed by atoms with Crippen LogP contribution in [0, 0.1) is 11.3 Å². The maximum absolute atomic E-state index is 8.79. The van der Waals surface area contributed by atoms with Gasteiger partial charge in [0.2, 0.25) is 0 Å². The van der Waals surface area contributed by atoms with Gasteiger partial charge < -0.3 is 5.32 Å². The third-order valence-electron chi connectivity index (χ3n) is 3.79. The van der Waals surface area contributed by atoms with Gasteiger partial charge in [-0.1, -0.05) is 0 Å². The van der Waals surface area contributed by atoms with E-state index in [4.69, 9.17) is 5.26 Å². The van der Waals surface area contributed by atoms with E-state index in [0.717, 1.165) is 29.2 Å². The van der Waals surface area contributed by atoms with Crippen LogP contribution in [0.1, 0.15) is 25.1 Å². The standard InChI is InChI=1S/C14H19N7/c1-16-13-11-8-17-20(2)14(11)19-12(18-13)9-21(7-3-6-15)10-4-5-10/h8,10H,3-5,7,9H2,1-2H3,(H,16,18,19). The second-order valence-corrected chi connectivity index (χ2v) is 5.35. The molecule has 110 valence electrons. The molecule has 7 heteroatoms. The van der Waals surface area contributed by atoms with E-state index < -0.39 is 0 Å². The van der Waals surface area contributed by atoms with Crippen molar-refractivity contribution >= 4 is 16.9 Å². The molecule has 1 aliphatic carbocycles. The van der Waals surface area contributed by atoms with Gasteiger partial charge in [-0.15, -0.1) is 0 Å². The van der Waals surface area contributed by atoms with Crippen LogP contribution in [0.2, 0.25) is 0 Å². The van der Waals surface area contributed by atoms with Crippen molar-refractivity contribution in [3.8, 4) is 6.07 Å². The van der Waals surface area contributed by atoms with E-state index in [9.17, 15) is 0 Å². The summed E-state index contributed by atoms with van der Waals surface area (Å²) in [5.74, 6) is 1.58. The molecule has 7 nitrogen and oxygen atoms in total. The van der Waals surface area contributed by atoms with E-state index in [-0.39, 0.29) is 0 Å². The molecule has 2 heterocycles. The Balaban J connectivity index is 1.88. The van der Waals surface area contributed by atoms with Crippen molar-refractivity contribution in [2.75, 3.05) is 18.9 Å². The second-order valence-electron chi connectivity index (χ2n) is 5.35. The number of aromatic nitrogens is 4. The van der Waals surface area contributed by atoms with Gasteiger partial charge in [-0.2, -0.15) is 10.4 Å². The molecule has 1 fully saturated rings. The first-order valence-electron chi connectivity index (χ1n) is 7.20. The Morgan fingerprint density at radius 3 is 2.95 bits per heavy atom. The third-order valence-corrected chi connectivity index (χ3v) is 3.79. The molecule has 0 aromatic carbocycles. The third kappa shape index (κ3) is 2.81. The van der Waals surface area contributed by atoms with Crippen LogP contribution in [0.25, 0.3) is 11.0 Å². The summed E-state index contributed by atoms with van der Waals surface area (Å²) in [5.41, 5.74) is 0.834. The molecule has 0 bridgehead atoms. The molecular weight excluding hydrogens is 266 g/mol.